The van der Waals surface area contributed by atoms with Crippen LogP contribution in [-0.2, 0) is 0 Å². The van der Waals surface area contributed by atoms with E-state index in [9.17, 15) is 0 Å². The number of anilines is 2. The minimum Gasteiger partial charge on any atom is -0.398 e. The maximum Gasteiger partial charge on any atom is 0.101 e. The summed E-state index contributed by atoms with van der Waals surface area (Å²) in [5.74, 6) is 1.62. The van der Waals surface area contributed by atoms with Crippen molar-refractivity contribution in [2.45, 2.75) is 26.7 Å². The van der Waals surface area contributed by atoms with Crippen molar-refractivity contribution in [3.05, 3.63) is 23.8 Å². The van der Waals surface area contributed by atoms with Crippen molar-refractivity contribution >= 4 is 11.4 Å². The summed E-state index contributed by atoms with van der Waals surface area (Å²) in [4.78, 5) is 2.37. The molecule has 1 heterocycles. The van der Waals surface area contributed by atoms with Crippen molar-refractivity contribution in [2.24, 2.45) is 11.8 Å². The normalized spacial score (nSPS) is 16.9. The molecule has 2 rings (SSSR count). The average molecular weight is 243 g/mol. The molecule has 0 aromatic heterocycles. The van der Waals surface area contributed by atoms with Gasteiger partial charge >= 0.3 is 0 Å². The maximum absolute atomic E-state index is 8.87. The van der Waals surface area contributed by atoms with Crippen LogP contribution in [0.1, 0.15) is 32.3 Å². The van der Waals surface area contributed by atoms with Crippen LogP contribution in [0, 0.1) is 23.2 Å². The van der Waals surface area contributed by atoms with Gasteiger partial charge in [-0.05, 0) is 42.9 Å². The molecule has 1 aliphatic rings. The fourth-order valence-electron chi connectivity index (χ4n) is 2.67. The SMILES string of the molecule is CC(C)C1CCN(c2ccc(C#N)c(N)c2)CC1. The summed E-state index contributed by atoms with van der Waals surface area (Å²) in [6, 6.07) is 7.85. The zero-order chi connectivity index (χ0) is 13.1. The number of benzene rings is 1. The van der Waals surface area contributed by atoms with Crippen molar-refractivity contribution in [3.8, 4) is 6.07 Å². The molecule has 0 unspecified atom stereocenters. The highest BCUT2D eigenvalue weighted by Crippen LogP contribution is 2.29. The Labute approximate surface area is 109 Å². The number of nitriles is 1. The summed E-state index contributed by atoms with van der Waals surface area (Å²) >= 11 is 0. The molecule has 1 aromatic rings. The molecule has 0 spiro atoms. The summed E-state index contributed by atoms with van der Waals surface area (Å²) in [6.45, 7) is 6.79. The fraction of sp³-hybridized carbons (Fsp3) is 0.533. The first kappa shape index (κ1) is 12.8. The van der Waals surface area contributed by atoms with Crippen LogP contribution < -0.4 is 10.6 Å². The second-order valence-electron chi connectivity index (χ2n) is 5.45. The zero-order valence-corrected chi connectivity index (χ0v) is 11.2. The van der Waals surface area contributed by atoms with Gasteiger partial charge in [0.1, 0.15) is 6.07 Å². The van der Waals surface area contributed by atoms with Gasteiger partial charge in [-0.15, -0.1) is 0 Å². The number of rotatable bonds is 2. The van der Waals surface area contributed by atoms with Gasteiger partial charge in [-0.25, -0.2) is 0 Å². The van der Waals surface area contributed by atoms with Crippen molar-refractivity contribution in [3.63, 3.8) is 0 Å². The molecule has 0 radical (unpaired) electrons. The van der Waals surface area contributed by atoms with E-state index >= 15 is 0 Å². The van der Waals surface area contributed by atoms with E-state index in [4.69, 9.17) is 11.0 Å². The maximum atomic E-state index is 8.87. The van der Waals surface area contributed by atoms with E-state index in [1.54, 1.807) is 0 Å². The predicted octanol–water partition coefficient (Wildman–Crippen LogP) is 3.01. The summed E-state index contributed by atoms with van der Waals surface area (Å²) in [5.41, 5.74) is 8.16. The van der Waals surface area contributed by atoms with Gasteiger partial charge in [-0.1, -0.05) is 13.8 Å². The van der Waals surface area contributed by atoms with Gasteiger partial charge < -0.3 is 10.6 Å². The van der Waals surface area contributed by atoms with Crippen LogP contribution in [0.3, 0.4) is 0 Å². The number of nitrogen functional groups attached to an aromatic ring is 1. The Morgan fingerprint density at radius 2 is 2.00 bits per heavy atom. The van der Waals surface area contributed by atoms with E-state index in [0.717, 1.165) is 30.6 Å². The van der Waals surface area contributed by atoms with Crippen LogP contribution in [0.4, 0.5) is 11.4 Å². The third-order valence-electron chi connectivity index (χ3n) is 4.00. The summed E-state index contributed by atoms with van der Waals surface area (Å²) in [7, 11) is 0. The lowest BCUT2D eigenvalue weighted by Crippen LogP contribution is -2.35. The minimum absolute atomic E-state index is 0.566. The third kappa shape index (κ3) is 2.59. The number of piperidine rings is 1. The lowest BCUT2D eigenvalue weighted by atomic mass is 9.86. The van der Waals surface area contributed by atoms with Gasteiger partial charge in [0.15, 0.2) is 0 Å². The minimum atomic E-state index is 0.566. The van der Waals surface area contributed by atoms with Crippen LogP contribution in [-0.4, -0.2) is 13.1 Å². The Bertz CT molecular complexity index is 451. The van der Waals surface area contributed by atoms with E-state index in [1.165, 1.54) is 12.8 Å². The average Bonchev–Trinajstić information content (AvgIpc) is 2.38. The summed E-state index contributed by atoms with van der Waals surface area (Å²) in [6.07, 6.45) is 2.50. The van der Waals surface area contributed by atoms with Crippen LogP contribution in [0.15, 0.2) is 18.2 Å². The van der Waals surface area contributed by atoms with E-state index in [0.29, 0.717) is 11.3 Å². The highest BCUT2D eigenvalue weighted by Gasteiger charge is 2.21. The van der Waals surface area contributed by atoms with Crippen molar-refractivity contribution < 1.29 is 0 Å². The van der Waals surface area contributed by atoms with Crippen LogP contribution in [0.2, 0.25) is 0 Å². The first-order valence-corrected chi connectivity index (χ1v) is 6.66. The summed E-state index contributed by atoms with van der Waals surface area (Å²) in [5, 5.41) is 8.87. The molecule has 0 aliphatic carbocycles. The molecule has 96 valence electrons. The highest BCUT2D eigenvalue weighted by atomic mass is 15.1. The molecule has 18 heavy (non-hydrogen) atoms. The second kappa shape index (κ2) is 5.30. The van der Waals surface area contributed by atoms with E-state index in [1.807, 2.05) is 18.2 Å². The monoisotopic (exact) mass is 243 g/mol. The molecule has 1 aliphatic heterocycles. The smallest absolute Gasteiger partial charge is 0.101 e. The number of hydrogen-bond donors (Lipinski definition) is 1. The molecule has 0 atom stereocenters. The van der Waals surface area contributed by atoms with Gasteiger partial charge in [0, 0.05) is 18.8 Å². The Morgan fingerprint density at radius 3 is 2.50 bits per heavy atom. The number of nitrogens with zero attached hydrogens (tertiary/aromatic N) is 2. The molecule has 0 saturated carbocycles. The number of nitrogens with two attached hydrogens (primary N) is 1. The van der Waals surface area contributed by atoms with Crippen LogP contribution >= 0.6 is 0 Å². The Hall–Kier alpha value is -1.69. The van der Waals surface area contributed by atoms with Crippen LogP contribution in [0.25, 0.3) is 0 Å². The molecule has 2 N–H and O–H groups in total. The second-order valence-corrected chi connectivity index (χ2v) is 5.45. The van der Waals surface area contributed by atoms with E-state index in [-0.39, 0.29) is 0 Å². The first-order valence-electron chi connectivity index (χ1n) is 6.66. The van der Waals surface area contributed by atoms with Gasteiger partial charge in [0.2, 0.25) is 0 Å². The lowest BCUT2D eigenvalue weighted by molar-refractivity contribution is 0.311. The Kier molecular flexibility index (Phi) is 3.76. The molecule has 1 saturated heterocycles. The molecule has 1 fully saturated rings. The molecule has 0 bridgehead atoms. The van der Waals surface area contributed by atoms with E-state index < -0.39 is 0 Å². The summed E-state index contributed by atoms with van der Waals surface area (Å²) < 4.78 is 0. The van der Waals surface area contributed by atoms with Crippen LogP contribution in [0.5, 0.6) is 0 Å². The van der Waals surface area contributed by atoms with Gasteiger partial charge in [-0.2, -0.15) is 5.26 Å². The van der Waals surface area contributed by atoms with Gasteiger partial charge in [0.25, 0.3) is 0 Å². The van der Waals surface area contributed by atoms with Crippen molar-refractivity contribution in [1.29, 1.82) is 5.26 Å². The third-order valence-corrected chi connectivity index (χ3v) is 4.00. The van der Waals surface area contributed by atoms with Crippen molar-refractivity contribution in [1.82, 2.24) is 0 Å². The van der Waals surface area contributed by atoms with E-state index in [2.05, 4.69) is 24.8 Å². The Morgan fingerprint density at radius 1 is 1.33 bits per heavy atom. The molecule has 3 heteroatoms. The highest BCUT2D eigenvalue weighted by molar-refractivity contribution is 5.63. The number of hydrogen-bond acceptors (Lipinski definition) is 3. The molecule has 3 nitrogen and oxygen atoms in total. The fourth-order valence-corrected chi connectivity index (χ4v) is 2.67. The zero-order valence-electron chi connectivity index (χ0n) is 11.2. The molecule has 1 aromatic carbocycles. The standard InChI is InChI=1S/C15H21N3/c1-11(2)12-5-7-18(8-6-12)14-4-3-13(10-16)15(17)9-14/h3-4,9,11-12H,5-8,17H2,1-2H3. The van der Waals surface area contributed by atoms with Gasteiger partial charge in [0.05, 0.1) is 11.3 Å². The quantitative estimate of drug-likeness (QED) is 0.812. The first-order chi connectivity index (χ1) is 8.61. The largest absolute Gasteiger partial charge is 0.398 e. The predicted molar refractivity (Wildman–Crippen MR) is 75.3 cm³/mol. The molecule has 0 amide bonds. The molecular formula is C15H21N3. The topological polar surface area (TPSA) is 53.0 Å². The Balaban J connectivity index is 2.06. The molecular weight excluding hydrogens is 222 g/mol. The van der Waals surface area contributed by atoms with Crippen molar-refractivity contribution in [2.75, 3.05) is 23.7 Å². The lowest BCUT2D eigenvalue weighted by Gasteiger charge is -2.35. The van der Waals surface area contributed by atoms with Gasteiger partial charge in [-0.3, -0.25) is 0 Å².